The second-order valence-corrected chi connectivity index (χ2v) is 5.95. The van der Waals surface area contributed by atoms with E-state index in [-0.39, 0.29) is 11.7 Å². The number of hydrogen-bond donors (Lipinski definition) is 2. The molecule has 1 aromatic carbocycles. The number of amides is 1. The van der Waals surface area contributed by atoms with E-state index >= 15 is 0 Å². The van der Waals surface area contributed by atoms with Crippen LogP contribution in [-0.4, -0.2) is 42.5 Å². The lowest BCUT2D eigenvalue weighted by Gasteiger charge is -2.13. The highest BCUT2D eigenvalue weighted by Crippen LogP contribution is 2.27. The standard InChI is InChI=1S/C15H19NO4S/c1-20-15(19)13(8-17)16-14(18)9-21-12-6-5-10-3-2-4-11(10)7-12/h5-7,13,17H,2-4,8-9H2,1H3,(H,16,18)/t13-/m1/s1. The SMILES string of the molecule is COC(=O)[C@@H](CO)NC(=O)CSc1ccc2c(c1)CCC2. The van der Waals surface area contributed by atoms with Crippen LogP contribution in [0.1, 0.15) is 17.5 Å². The molecule has 0 spiro atoms. The molecular weight excluding hydrogens is 290 g/mol. The number of fused-ring (bicyclic) bond motifs is 1. The molecule has 0 heterocycles. The lowest BCUT2D eigenvalue weighted by atomic mass is 10.1. The predicted octanol–water partition coefficient (Wildman–Crippen LogP) is 0.917. The largest absolute Gasteiger partial charge is 0.467 e. The molecule has 0 fully saturated rings. The van der Waals surface area contributed by atoms with E-state index in [0.717, 1.165) is 17.7 Å². The third kappa shape index (κ3) is 4.22. The molecule has 114 valence electrons. The van der Waals surface area contributed by atoms with Crippen molar-refractivity contribution in [2.75, 3.05) is 19.5 Å². The maximum Gasteiger partial charge on any atom is 0.330 e. The van der Waals surface area contributed by atoms with Crippen molar-refractivity contribution < 1.29 is 19.4 Å². The Hall–Kier alpha value is -1.53. The van der Waals surface area contributed by atoms with Crippen molar-refractivity contribution in [2.45, 2.75) is 30.2 Å². The average Bonchev–Trinajstić information content (AvgIpc) is 2.97. The molecule has 1 aromatic rings. The smallest absolute Gasteiger partial charge is 0.330 e. The van der Waals surface area contributed by atoms with E-state index in [0.29, 0.717) is 0 Å². The molecule has 0 saturated carbocycles. The number of thioether (sulfide) groups is 1. The fraction of sp³-hybridized carbons (Fsp3) is 0.467. The molecule has 2 rings (SSSR count). The maximum absolute atomic E-state index is 11.8. The fourth-order valence-electron chi connectivity index (χ4n) is 2.34. The molecule has 1 amide bonds. The van der Waals surface area contributed by atoms with E-state index < -0.39 is 18.6 Å². The van der Waals surface area contributed by atoms with Crippen LogP contribution in [-0.2, 0) is 27.2 Å². The van der Waals surface area contributed by atoms with Gasteiger partial charge in [0.15, 0.2) is 6.04 Å². The van der Waals surface area contributed by atoms with Crippen molar-refractivity contribution in [1.29, 1.82) is 0 Å². The first-order valence-corrected chi connectivity index (χ1v) is 7.85. The zero-order valence-corrected chi connectivity index (χ0v) is 12.7. The van der Waals surface area contributed by atoms with Gasteiger partial charge in [-0.15, -0.1) is 11.8 Å². The molecule has 1 atom stereocenters. The Morgan fingerprint density at radius 3 is 2.86 bits per heavy atom. The van der Waals surface area contributed by atoms with Crippen LogP contribution in [0.5, 0.6) is 0 Å². The van der Waals surface area contributed by atoms with Crippen molar-refractivity contribution in [3.05, 3.63) is 29.3 Å². The third-order valence-electron chi connectivity index (χ3n) is 3.44. The predicted molar refractivity (Wildman–Crippen MR) is 80.2 cm³/mol. The number of ether oxygens (including phenoxy) is 1. The number of aliphatic hydroxyl groups is 1. The molecule has 5 nitrogen and oxygen atoms in total. The zero-order chi connectivity index (χ0) is 15.2. The number of aliphatic hydroxyl groups excluding tert-OH is 1. The first-order chi connectivity index (χ1) is 10.1. The molecule has 0 aromatic heterocycles. The highest BCUT2D eigenvalue weighted by atomic mass is 32.2. The van der Waals surface area contributed by atoms with Gasteiger partial charge in [0.1, 0.15) is 0 Å². The Morgan fingerprint density at radius 2 is 2.14 bits per heavy atom. The van der Waals surface area contributed by atoms with Gasteiger partial charge in [-0.05, 0) is 42.5 Å². The molecular formula is C15H19NO4S. The molecule has 2 N–H and O–H groups in total. The number of benzene rings is 1. The monoisotopic (exact) mass is 309 g/mol. The zero-order valence-electron chi connectivity index (χ0n) is 11.9. The van der Waals surface area contributed by atoms with Crippen LogP contribution in [0, 0.1) is 0 Å². The molecule has 0 radical (unpaired) electrons. The van der Waals surface area contributed by atoms with E-state index in [1.54, 1.807) is 0 Å². The summed E-state index contributed by atoms with van der Waals surface area (Å²) in [7, 11) is 1.22. The van der Waals surface area contributed by atoms with E-state index in [1.165, 1.54) is 36.4 Å². The average molecular weight is 309 g/mol. The fourth-order valence-corrected chi connectivity index (χ4v) is 3.12. The van der Waals surface area contributed by atoms with Gasteiger partial charge in [-0.2, -0.15) is 0 Å². The number of nitrogens with one attached hydrogen (secondary N) is 1. The van der Waals surface area contributed by atoms with Gasteiger partial charge in [0.25, 0.3) is 0 Å². The Morgan fingerprint density at radius 1 is 1.38 bits per heavy atom. The Labute approximate surface area is 128 Å². The number of carbonyl (C=O) groups excluding carboxylic acids is 2. The summed E-state index contributed by atoms with van der Waals surface area (Å²) >= 11 is 1.42. The second kappa shape index (κ2) is 7.47. The summed E-state index contributed by atoms with van der Waals surface area (Å²) in [5.74, 6) is -0.745. The molecule has 0 unspecified atom stereocenters. The van der Waals surface area contributed by atoms with Crippen molar-refractivity contribution in [3.63, 3.8) is 0 Å². The quantitative estimate of drug-likeness (QED) is 0.604. The van der Waals surface area contributed by atoms with Crippen LogP contribution in [0.15, 0.2) is 23.1 Å². The van der Waals surface area contributed by atoms with Gasteiger partial charge in [0, 0.05) is 4.90 Å². The number of rotatable bonds is 6. The normalized spacial score (nSPS) is 14.4. The summed E-state index contributed by atoms with van der Waals surface area (Å²) in [6.07, 6.45) is 3.43. The van der Waals surface area contributed by atoms with Crippen LogP contribution in [0.25, 0.3) is 0 Å². The minimum Gasteiger partial charge on any atom is -0.467 e. The maximum atomic E-state index is 11.8. The highest BCUT2D eigenvalue weighted by Gasteiger charge is 2.20. The summed E-state index contributed by atoms with van der Waals surface area (Å²) in [5, 5.41) is 11.5. The van der Waals surface area contributed by atoms with Crippen LogP contribution in [0.4, 0.5) is 0 Å². The molecule has 0 saturated heterocycles. The van der Waals surface area contributed by atoms with Crippen LogP contribution < -0.4 is 5.32 Å². The summed E-state index contributed by atoms with van der Waals surface area (Å²) in [4.78, 5) is 24.1. The lowest BCUT2D eigenvalue weighted by Crippen LogP contribution is -2.44. The second-order valence-electron chi connectivity index (χ2n) is 4.90. The van der Waals surface area contributed by atoms with Gasteiger partial charge in [-0.1, -0.05) is 6.07 Å². The van der Waals surface area contributed by atoms with Crippen LogP contribution >= 0.6 is 11.8 Å². The topological polar surface area (TPSA) is 75.6 Å². The van der Waals surface area contributed by atoms with E-state index in [9.17, 15) is 9.59 Å². The van der Waals surface area contributed by atoms with Crippen molar-refractivity contribution in [1.82, 2.24) is 5.32 Å². The number of carbonyl (C=O) groups is 2. The van der Waals surface area contributed by atoms with Gasteiger partial charge in [-0.25, -0.2) is 4.79 Å². The van der Waals surface area contributed by atoms with Crippen molar-refractivity contribution >= 4 is 23.6 Å². The summed E-state index contributed by atoms with van der Waals surface area (Å²) in [6.45, 7) is -0.470. The molecule has 21 heavy (non-hydrogen) atoms. The number of hydrogen-bond acceptors (Lipinski definition) is 5. The van der Waals surface area contributed by atoms with Crippen LogP contribution in [0.2, 0.25) is 0 Å². The highest BCUT2D eigenvalue weighted by molar-refractivity contribution is 8.00. The molecule has 1 aliphatic rings. The summed E-state index contributed by atoms with van der Waals surface area (Å²) in [5.41, 5.74) is 2.76. The van der Waals surface area contributed by atoms with Gasteiger partial charge in [0.05, 0.1) is 19.5 Å². The Balaban J connectivity index is 1.85. The number of aryl methyl sites for hydroxylation is 2. The number of esters is 1. The van der Waals surface area contributed by atoms with Gasteiger partial charge in [-0.3, -0.25) is 4.79 Å². The first kappa shape index (κ1) is 15.9. The molecule has 0 bridgehead atoms. The van der Waals surface area contributed by atoms with E-state index in [2.05, 4.69) is 22.2 Å². The van der Waals surface area contributed by atoms with E-state index in [4.69, 9.17) is 5.11 Å². The molecule has 0 aliphatic heterocycles. The minimum absolute atomic E-state index is 0.201. The lowest BCUT2D eigenvalue weighted by molar-refractivity contribution is -0.145. The summed E-state index contributed by atoms with van der Waals surface area (Å²) < 4.78 is 4.50. The third-order valence-corrected chi connectivity index (χ3v) is 4.44. The van der Waals surface area contributed by atoms with Crippen molar-refractivity contribution in [2.24, 2.45) is 0 Å². The van der Waals surface area contributed by atoms with Crippen molar-refractivity contribution in [3.8, 4) is 0 Å². The van der Waals surface area contributed by atoms with Gasteiger partial charge < -0.3 is 15.2 Å². The molecule has 6 heteroatoms. The Bertz CT molecular complexity index is 532. The van der Waals surface area contributed by atoms with E-state index in [1.807, 2.05) is 6.07 Å². The summed E-state index contributed by atoms with van der Waals surface area (Å²) in [6, 6.07) is 5.27. The number of methoxy groups -OCH3 is 1. The minimum atomic E-state index is -0.997. The van der Waals surface area contributed by atoms with Crippen LogP contribution in [0.3, 0.4) is 0 Å². The van der Waals surface area contributed by atoms with Gasteiger partial charge >= 0.3 is 5.97 Å². The van der Waals surface area contributed by atoms with Gasteiger partial charge in [0.2, 0.25) is 5.91 Å². The Kier molecular flexibility index (Phi) is 5.64. The molecule has 1 aliphatic carbocycles. The first-order valence-electron chi connectivity index (χ1n) is 6.86.